The van der Waals surface area contributed by atoms with Crippen LogP contribution >= 0.6 is 0 Å². The summed E-state index contributed by atoms with van der Waals surface area (Å²) in [5, 5.41) is 9.14. The van der Waals surface area contributed by atoms with Gasteiger partial charge in [-0.25, -0.2) is 9.37 Å². The lowest BCUT2D eigenvalue weighted by molar-refractivity contribution is 0.148. The summed E-state index contributed by atoms with van der Waals surface area (Å²) in [6.45, 7) is 12.0. The minimum Gasteiger partial charge on any atom is -0.449 e. The lowest BCUT2D eigenvalue weighted by atomic mass is 10.2. The Morgan fingerprint density at radius 1 is 1.52 bits per heavy atom. The Kier molecular flexibility index (Phi) is 5.89. The second kappa shape index (κ2) is 6.85. The lowest BCUT2D eigenvalue weighted by Gasteiger charge is -2.38. The molecule has 0 aliphatic rings. The summed E-state index contributed by atoms with van der Waals surface area (Å²) in [6, 6.07) is 0. The highest BCUT2D eigenvalue weighted by molar-refractivity contribution is 6.74. The molecule has 1 heterocycles. The SMILES string of the molecule is Cc1nc(/C=C(/F)[C@H](CCO)O[Si](C)(C)C(C)(C)C)co1. The van der Waals surface area contributed by atoms with Crippen molar-refractivity contribution in [2.75, 3.05) is 6.61 Å². The third-order valence-corrected chi connectivity index (χ3v) is 8.35. The molecule has 0 saturated heterocycles. The molecule has 120 valence electrons. The molecule has 0 amide bonds. The number of oxazole rings is 1. The Hall–Kier alpha value is -0.983. The number of aryl methyl sites for hydroxylation is 1. The first-order chi connectivity index (χ1) is 9.56. The van der Waals surface area contributed by atoms with E-state index in [1.807, 2.05) is 0 Å². The van der Waals surface area contributed by atoms with Crippen LogP contribution in [0, 0.1) is 6.92 Å². The standard InChI is InChI=1S/C15H26FNO3Si/c1-11-17-12(10-19-11)9-13(16)14(7-8-18)20-21(5,6)15(2,3)4/h9-10,14,18H,7-8H2,1-6H3/b13-9+/t14-/m0/s1. The van der Waals surface area contributed by atoms with Gasteiger partial charge in [0.1, 0.15) is 17.8 Å². The molecule has 0 aliphatic heterocycles. The normalized spacial score (nSPS) is 15.3. The van der Waals surface area contributed by atoms with Crippen LogP contribution in [0.2, 0.25) is 18.1 Å². The fourth-order valence-electron chi connectivity index (χ4n) is 1.58. The van der Waals surface area contributed by atoms with E-state index in [0.717, 1.165) is 0 Å². The first kappa shape index (κ1) is 18.1. The molecule has 1 aromatic rings. The number of aromatic nitrogens is 1. The molecule has 0 radical (unpaired) electrons. The van der Waals surface area contributed by atoms with Crippen LogP contribution in [0.1, 0.15) is 38.8 Å². The van der Waals surface area contributed by atoms with Gasteiger partial charge in [-0.15, -0.1) is 0 Å². The maximum atomic E-state index is 14.4. The van der Waals surface area contributed by atoms with Crippen LogP contribution in [0.5, 0.6) is 0 Å². The van der Waals surface area contributed by atoms with Crippen molar-refractivity contribution in [2.24, 2.45) is 0 Å². The second-order valence-electron chi connectivity index (χ2n) is 6.70. The van der Waals surface area contributed by atoms with Crippen LogP contribution in [0.15, 0.2) is 16.5 Å². The predicted octanol–water partition coefficient (Wildman–Crippen LogP) is 4.07. The molecular formula is C15H26FNO3Si. The third kappa shape index (κ3) is 5.05. The van der Waals surface area contributed by atoms with Crippen molar-refractivity contribution in [1.82, 2.24) is 4.98 Å². The molecule has 0 unspecified atom stereocenters. The number of nitrogens with zero attached hydrogens (tertiary/aromatic N) is 1. The number of rotatable bonds is 6. The van der Waals surface area contributed by atoms with Crippen LogP contribution in [-0.4, -0.2) is 31.1 Å². The van der Waals surface area contributed by atoms with E-state index >= 15 is 0 Å². The van der Waals surface area contributed by atoms with Gasteiger partial charge in [0.25, 0.3) is 0 Å². The minimum atomic E-state index is -2.12. The average molecular weight is 315 g/mol. The van der Waals surface area contributed by atoms with E-state index in [-0.39, 0.29) is 18.1 Å². The maximum Gasteiger partial charge on any atom is 0.193 e. The van der Waals surface area contributed by atoms with Gasteiger partial charge >= 0.3 is 0 Å². The first-order valence-corrected chi connectivity index (χ1v) is 10.1. The van der Waals surface area contributed by atoms with Gasteiger partial charge in [0.05, 0.1) is 6.10 Å². The average Bonchev–Trinajstić information content (AvgIpc) is 2.72. The summed E-state index contributed by atoms with van der Waals surface area (Å²) in [6.07, 6.45) is 2.19. The topological polar surface area (TPSA) is 55.5 Å². The monoisotopic (exact) mass is 315 g/mol. The minimum absolute atomic E-state index is 0.0224. The number of halogens is 1. The zero-order valence-corrected chi connectivity index (χ0v) is 14.7. The molecule has 0 aromatic carbocycles. The van der Waals surface area contributed by atoms with Crippen molar-refractivity contribution in [3.63, 3.8) is 0 Å². The second-order valence-corrected chi connectivity index (χ2v) is 11.5. The van der Waals surface area contributed by atoms with Gasteiger partial charge in [0, 0.05) is 26.0 Å². The fraction of sp³-hybridized carbons (Fsp3) is 0.667. The Morgan fingerprint density at radius 3 is 2.57 bits per heavy atom. The van der Waals surface area contributed by atoms with Gasteiger partial charge in [0.2, 0.25) is 0 Å². The first-order valence-electron chi connectivity index (χ1n) is 7.15. The Balaban J connectivity index is 2.93. The summed E-state index contributed by atoms with van der Waals surface area (Å²) in [4.78, 5) is 4.05. The van der Waals surface area contributed by atoms with Crippen molar-refractivity contribution in [3.8, 4) is 0 Å². The summed E-state index contributed by atoms with van der Waals surface area (Å²) in [5.41, 5.74) is 0.423. The highest BCUT2D eigenvalue weighted by Crippen LogP contribution is 2.38. The van der Waals surface area contributed by atoms with Crippen molar-refractivity contribution in [1.29, 1.82) is 0 Å². The Labute approximate surface area is 127 Å². The third-order valence-electron chi connectivity index (χ3n) is 3.86. The molecular weight excluding hydrogens is 289 g/mol. The molecule has 1 atom stereocenters. The summed E-state index contributed by atoms with van der Waals surface area (Å²) >= 11 is 0. The van der Waals surface area contributed by atoms with E-state index in [0.29, 0.717) is 11.6 Å². The zero-order valence-electron chi connectivity index (χ0n) is 13.7. The van der Waals surface area contributed by atoms with Crippen LogP contribution < -0.4 is 0 Å². The lowest BCUT2D eigenvalue weighted by Crippen LogP contribution is -2.44. The molecule has 1 N–H and O–H groups in total. The highest BCUT2D eigenvalue weighted by atomic mass is 28.4. The molecule has 4 nitrogen and oxygen atoms in total. The van der Waals surface area contributed by atoms with E-state index < -0.39 is 20.2 Å². The van der Waals surface area contributed by atoms with E-state index in [9.17, 15) is 4.39 Å². The van der Waals surface area contributed by atoms with Gasteiger partial charge in [-0.05, 0) is 18.1 Å². The quantitative estimate of drug-likeness (QED) is 0.804. The molecule has 0 saturated carbocycles. The van der Waals surface area contributed by atoms with Crippen LogP contribution in [-0.2, 0) is 4.43 Å². The van der Waals surface area contributed by atoms with E-state index in [1.165, 1.54) is 12.3 Å². The maximum absolute atomic E-state index is 14.4. The van der Waals surface area contributed by atoms with Crippen molar-refractivity contribution < 1.29 is 18.3 Å². The Morgan fingerprint density at radius 2 is 2.14 bits per heavy atom. The van der Waals surface area contributed by atoms with Crippen LogP contribution in [0.25, 0.3) is 6.08 Å². The summed E-state index contributed by atoms with van der Waals surface area (Å²) in [7, 11) is -2.12. The van der Waals surface area contributed by atoms with Crippen molar-refractivity contribution >= 4 is 14.4 Å². The van der Waals surface area contributed by atoms with E-state index in [2.05, 4.69) is 38.8 Å². The molecule has 0 spiro atoms. The van der Waals surface area contributed by atoms with E-state index in [4.69, 9.17) is 13.9 Å². The summed E-state index contributed by atoms with van der Waals surface area (Å²) in [5.74, 6) is 0.0558. The molecule has 1 rings (SSSR count). The molecule has 1 aromatic heterocycles. The van der Waals surface area contributed by atoms with Gasteiger partial charge in [-0.1, -0.05) is 20.8 Å². The Bertz CT molecular complexity index is 491. The molecule has 0 fully saturated rings. The summed E-state index contributed by atoms with van der Waals surface area (Å²) < 4.78 is 25.6. The van der Waals surface area contributed by atoms with Crippen molar-refractivity contribution in [2.45, 2.75) is 58.4 Å². The van der Waals surface area contributed by atoms with Gasteiger partial charge in [-0.2, -0.15) is 0 Å². The van der Waals surface area contributed by atoms with Crippen LogP contribution in [0.3, 0.4) is 0 Å². The van der Waals surface area contributed by atoms with Gasteiger partial charge in [0.15, 0.2) is 14.2 Å². The number of hydrogen-bond donors (Lipinski definition) is 1. The molecule has 0 bridgehead atoms. The van der Waals surface area contributed by atoms with E-state index in [1.54, 1.807) is 6.92 Å². The zero-order chi connectivity index (χ0) is 16.3. The highest BCUT2D eigenvalue weighted by Gasteiger charge is 2.39. The number of aliphatic hydroxyl groups is 1. The molecule has 6 heteroatoms. The molecule has 0 aliphatic carbocycles. The predicted molar refractivity (Wildman–Crippen MR) is 84.1 cm³/mol. The fourth-order valence-corrected chi connectivity index (χ4v) is 2.88. The largest absolute Gasteiger partial charge is 0.449 e. The van der Waals surface area contributed by atoms with Gasteiger partial charge < -0.3 is 13.9 Å². The van der Waals surface area contributed by atoms with Crippen molar-refractivity contribution in [3.05, 3.63) is 23.7 Å². The number of hydrogen-bond acceptors (Lipinski definition) is 4. The van der Waals surface area contributed by atoms with Crippen LogP contribution in [0.4, 0.5) is 4.39 Å². The van der Waals surface area contributed by atoms with Gasteiger partial charge in [-0.3, -0.25) is 0 Å². The smallest absolute Gasteiger partial charge is 0.193 e. The molecule has 21 heavy (non-hydrogen) atoms. The number of aliphatic hydroxyl groups excluding tert-OH is 1.